The van der Waals surface area contributed by atoms with Crippen LogP contribution in [0, 0.1) is 0 Å². The zero-order valence-electron chi connectivity index (χ0n) is 22.6. The van der Waals surface area contributed by atoms with Crippen molar-refractivity contribution >= 4 is 78.6 Å². The number of benzene rings is 4. The molecule has 43 heavy (non-hydrogen) atoms. The zero-order chi connectivity index (χ0) is 30.3. The Hall–Kier alpha value is -4.51. The molecule has 2 N–H and O–H groups in total. The van der Waals surface area contributed by atoms with Gasteiger partial charge in [-0.3, -0.25) is 9.59 Å². The molecular weight excluding hydrogens is 654 g/mol. The molecule has 0 aliphatic rings. The molecule has 0 saturated carbocycles. The summed E-state index contributed by atoms with van der Waals surface area (Å²) in [7, 11) is 0. The molecule has 8 nitrogen and oxygen atoms in total. The number of ether oxygens (including phenoxy) is 2. The van der Waals surface area contributed by atoms with E-state index in [1.165, 1.54) is 17.6 Å². The van der Waals surface area contributed by atoms with E-state index in [1.807, 2.05) is 31.2 Å². The van der Waals surface area contributed by atoms with Gasteiger partial charge in [0.05, 0.1) is 17.8 Å². The SMILES string of the molecule is CCOc1cc(/C=N\NC(=O)c2ccc(NC(=O)c3ccc(Br)cc3)cc2)ccc1OC(=O)c1sc2ccccc2c1Cl. The van der Waals surface area contributed by atoms with Crippen molar-refractivity contribution in [3.63, 3.8) is 0 Å². The van der Waals surface area contributed by atoms with Crippen LogP contribution in [0.2, 0.25) is 5.02 Å². The number of carbonyl (C=O) groups excluding carboxylic acids is 3. The maximum absolute atomic E-state index is 12.9. The number of amides is 2. The summed E-state index contributed by atoms with van der Waals surface area (Å²) in [6, 6.07) is 25.8. The van der Waals surface area contributed by atoms with Gasteiger partial charge in [0, 0.05) is 31.4 Å². The second kappa shape index (κ2) is 13.6. The molecule has 5 aromatic rings. The summed E-state index contributed by atoms with van der Waals surface area (Å²) in [5.41, 5.74) is 4.50. The monoisotopic (exact) mass is 675 g/mol. The lowest BCUT2D eigenvalue weighted by molar-refractivity contribution is 0.0733. The molecule has 0 fully saturated rings. The Kier molecular flexibility index (Phi) is 9.51. The van der Waals surface area contributed by atoms with Crippen LogP contribution in [0.4, 0.5) is 5.69 Å². The van der Waals surface area contributed by atoms with Gasteiger partial charge in [-0.1, -0.05) is 45.7 Å². The summed E-state index contributed by atoms with van der Waals surface area (Å²) < 4.78 is 13.1. The molecule has 0 unspecified atom stereocenters. The molecule has 4 aromatic carbocycles. The summed E-state index contributed by atoms with van der Waals surface area (Å²) >= 11 is 11.0. The van der Waals surface area contributed by atoms with Crippen LogP contribution >= 0.6 is 38.9 Å². The third kappa shape index (κ3) is 7.29. The fraction of sp³-hybridized carbons (Fsp3) is 0.0625. The second-order valence-electron chi connectivity index (χ2n) is 9.01. The first-order chi connectivity index (χ1) is 20.8. The van der Waals surface area contributed by atoms with Crippen molar-refractivity contribution in [2.45, 2.75) is 6.92 Å². The highest BCUT2D eigenvalue weighted by Gasteiger charge is 2.20. The number of rotatable bonds is 9. The van der Waals surface area contributed by atoms with E-state index in [-0.39, 0.29) is 11.7 Å². The first-order valence-electron chi connectivity index (χ1n) is 13.0. The number of hydrogen-bond donors (Lipinski definition) is 2. The van der Waals surface area contributed by atoms with Gasteiger partial charge >= 0.3 is 5.97 Å². The lowest BCUT2D eigenvalue weighted by atomic mass is 10.1. The summed E-state index contributed by atoms with van der Waals surface area (Å²) in [4.78, 5) is 38.2. The number of carbonyl (C=O) groups is 3. The molecule has 0 spiro atoms. The molecule has 0 saturated heterocycles. The van der Waals surface area contributed by atoms with Crippen LogP contribution in [-0.2, 0) is 0 Å². The Balaban J connectivity index is 1.20. The first-order valence-corrected chi connectivity index (χ1v) is 15.0. The van der Waals surface area contributed by atoms with Gasteiger partial charge in [-0.2, -0.15) is 5.10 Å². The summed E-state index contributed by atoms with van der Waals surface area (Å²) in [5.74, 6) is -0.707. The van der Waals surface area contributed by atoms with Crippen molar-refractivity contribution in [1.82, 2.24) is 5.43 Å². The van der Waals surface area contributed by atoms with Crippen molar-refractivity contribution in [3.05, 3.63) is 122 Å². The lowest BCUT2D eigenvalue weighted by Gasteiger charge is -2.11. The quantitative estimate of drug-likeness (QED) is 0.0714. The fourth-order valence-electron chi connectivity index (χ4n) is 3.99. The van der Waals surface area contributed by atoms with Crippen LogP contribution in [0.3, 0.4) is 0 Å². The van der Waals surface area contributed by atoms with Crippen LogP contribution in [0.5, 0.6) is 11.5 Å². The largest absolute Gasteiger partial charge is 0.490 e. The number of fused-ring (bicyclic) bond motifs is 1. The third-order valence-electron chi connectivity index (χ3n) is 6.08. The molecular formula is C32H23BrClN3O5S. The van der Waals surface area contributed by atoms with Gasteiger partial charge in [0.2, 0.25) is 0 Å². The van der Waals surface area contributed by atoms with Gasteiger partial charge in [0.1, 0.15) is 4.88 Å². The smallest absolute Gasteiger partial charge is 0.355 e. The van der Waals surface area contributed by atoms with Gasteiger partial charge in [-0.15, -0.1) is 11.3 Å². The minimum absolute atomic E-state index is 0.230. The van der Waals surface area contributed by atoms with Gasteiger partial charge < -0.3 is 14.8 Å². The van der Waals surface area contributed by atoms with E-state index in [9.17, 15) is 14.4 Å². The molecule has 216 valence electrons. The normalized spacial score (nSPS) is 11.0. The van der Waals surface area contributed by atoms with Crippen LogP contribution < -0.4 is 20.2 Å². The predicted octanol–water partition coefficient (Wildman–Crippen LogP) is 7.95. The van der Waals surface area contributed by atoms with Crippen molar-refractivity contribution in [1.29, 1.82) is 0 Å². The highest BCUT2D eigenvalue weighted by molar-refractivity contribution is 9.10. The fourth-order valence-corrected chi connectivity index (χ4v) is 5.64. The van der Waals surface area contributed by atoms with Gasteiger partial charge in [0.25, 0.3) is 11.8 Å². The summed E-state index contributed by atoms with van der Waals surface area (Å²) in [5, 5.41) is 7.97. The van der Waals surface area contributed by atoms with Gasteiger partial charge in [-0.25, -0.2) is 10.2 Å². The van der Waals surface area contributed by atoms with E-state index in [1.54, 1.807) is 66.7 Å². The molecule has 1 aromatic heterocycles. The van der Waals surface area contributed by atoms with Crippen molar-refractivity contribution in [2.24, 2.45) is 5.10 Å². The number of hydrogen-bond acceptors (Lipinski definition) is 7. The Morgan fingerprint density at radius 1 is 0.907 bits per heavy atom. The standard InChI is InChI=1S/C32H23BrClN3O5S/c1-2-41-26-17-19(7-16-25(26)42-32(40)29-28(34)24-5-3-4-6-27(24)43-29)18-35-37-31(39)21-10-14-23(15-11-21)36-30(38)20-8-12-22(33)13-9-20/h3-18H,2H2,1H3,(H,36,38)(H,37,39)/b35-18-. The topological polar surface area (TPSA) is 106 Å². The van der Waals surface area contributed by atoms with Gasteiger partial charge in [-0.05, 0) is 85.3 Å². The number of halogens is 2. The van der Waals surface area contributed by atoms with Crippen LogP contribution in [-0.4, -0.2) is 30.6 Å². The van der Waals surface area contributed by atoms with Crippen molar-refractivity contribution < 1.29 is 23.9 Å². The average Bonchev–Trinajstić information content (AvgIpc) is 3.35. The molecule has 2 amide bonds. The molecule has 0 atom stereocenters. The number of nitrogens with zero attached hydrogens (tertiary/aromatic N) is 1. The van der Waals surface area contributed by atoms with Crippen LogP contribution in [0.25, 0.3) is 10.1 Å². The van der Waals surface area contributed by atoms with Crippen molar-refractivity contribution in [2.75, 3.05) is 11.9 Å². The minimum Gasteiger partial charge on any atom is -0.490 e. The highest BCUT2D eigenvalue weighted by atomic mass is 79.9. The minimum atomic E-state index is -0.584. The molecule has 0 aliphatic heterocycles. The first kappa shape index (κ1) is 30.0. The third-order valence-corrected chi connectivity index (χ3v) is 8.27. The zero-order valence-corrected chi connectivity index (χ0v) is 25.8. The average molecular weight is 677 g/mol. The summed E-state index contributed by atoms with van der Waals surface area (Å²) in [6.07, 6.45) is 1.45. The van der Waals surface area contributed by atoms with Crippen LogP contribution in [0.1, 0.15) is 42.9 Å². The van der Waals surface area contributed by atoms with E-state index >= 15 is 0 Å². The number of anilines is 1. The predicted molar refractivity (Wildman–Crippen MR) is 173 cm³/mol. The Morgan fingerprint density at radius 2 is 1.60 bits per heavy atom. The molecule has 0 bridgehead atoms. The van der Waals surface area contributed by atoms with E-state index in [0.717, 1.165) is 14.6 Å². The molecule has 0 aliphatic carbocycles. The van der Waals surface area contributed by atoms with Gasteiger partial charge in [0.15, 0.2) is 11.5 Å². The molecule has 5 rings (SSSR count). The maximum atomic E-state index is 12.9. The number of hydrazone groups is 1. The van der Waals surface area contributed by atoms with E-state index in [4.69, 9.17) is 21.1 Å². The Labute approximate surface area is 264 Å². The number of nitrogens with one attached hydrogen (secondary N) is 2. The Bertz CT molecular complexity index is 1840. The Morgan fingerprint density at radius 3 is 2.33 bits per heavy atom. The summed E-state index contributed by atoms with van der Waals surface area (Å²) in [6.45, 7) is 2.15. The van der Waals surface area contributed by atoms with E-state index in [0.29, 0.717) is 44.6 Å². The van der Waals surface area contributed by atoms with Crippen LogP contribution in [0.15, 0.2) is 101 Å². The molecule has 0 radical (unpaired) electrons. The van der Waals surface area contributed by atoms with E-state index in [2.05, 4.69) is 31.8 Å². The number of esters is 1. The molecule has 1 heterocycles. The van der Waals surface area contributed by atoms with E-state index < -0.39 is 11.9 Å². The van der Waals surface area contributed by atoms with Crippen molar-refractivity contribution in [3.8, 4) is 11.5 Å². The maximum Gasteiger partial charge on any atom is 0.355 e. The highest BCUT2D eigenvalue weighted by Crippen LogP contribution is 2.37. The lowest BCUT2D eigenvalue weighted by Crippen LogP contribution is -2.18. The number of thiophene rings is 1. The molecule has 11 heteroatoms. The second-order valence-corrected chi connectivity index (χ2v) is 11.4.